The van der Waals surface area contributed by atoms with E-state index in [-0.39, 0.29) is 30.8 Å². The van der Waals surface area contributed by atoms with Crippen LogP contribution in [0.3, 0.4) is 0 Å². The molecule has 0 unspecified atom stereocenters. The molecule has 2 rings (SSSR count). The van der Waals surface area contributed by atoms with Crippen molar-refractivity contribution >= 4 is 39.6 Å². The van der Waals surface area contributed by atoms with E-state index in [2.05, 4.69) is 31.8 Å². The van der Waals surface area contributed by atoms with Crippen LogP contribution in [0, 0.1) is 13.8 Å². The molecular weight excluding hydrogens is 434 g/mol. The summed E-state index contributed by atoms with van der Waals surface area (Å²) in [6.45, 7) is 7.81. The lowest BCUT2D eigenvalue weighted by atomic mass is 10.1. The van der Waals surface area contributed by atoms with Crippen molar-refractivity contribution in [3.8, 4) is 5.75 Å². The van der Waals surface area contributed by atoms with Gasteiger partial charge < -0.3 is 10.1 Å². The number of halogens is 1. The molecule has 0 aliphatic carbocycles. The summed E-state index contributed by atoms with van der Waals surface area (Å²) in [7, 11) is 0. The minimum Gasteiger partial charge on any atom is -0.490 e. The fourth-order valence-electron chi connectivity index (χ4n) is 2.49. The van der Waals surface area contributed by atoms with E-state index in [4.69, 9.17) is 4.74 Å². The van der Waals surface area contributed by atoms with Gasteiger partial charge in [-0.1, -0.05) is 12.1 Å². The minimum absolute atomic E-state index is 0.0545. The van der Waals surface area contributed by atoms with Crippen molar-refractivity contribution in [1.29, 1.82) is 0 Å². The third-order valence-corrected chi connectivity index (χ3v) is 4.59. The Bertz CT molecular complexity index is 910. The molecule has 154 valence electrons. The number of nitrogens with one attached hydrogen (secondary N) is 2. The number of benzene rings is 2. The zero-order valence-corrected chi connectivity index (χ0v) is 18.7. The Morgan fingerprint density at radius 1 is 1.10 bits per heavy atom. The number of amides is 2. The number of nitrogens with zero attached hydrogens (tertiary/aromatic N) is 1. The summed E-state index contributed by atoms with van der Waals surface area (Å²) in [5.41, 5.74) is 6.06. The molecule has 2 amide bonds. The quantitative estimate of drug-likeness (QED) is 0.442. The van der Waals surface area contributed by atoms with E-state index in [1.807, 2.05) is 64.1 Å². The summed E-state index contributed by atoms with van der Waals surface area (Å²) < 4.78 is 6.46. The van der Waals surface area contributed by atoms with E-state index < -0.39 is 0 Å². The van der Waals surface area contributed by atoms with Crippen LogP contribution in [0.1, 0.15) is 43.4 Å². The van der Waals surface area contributed by atoms with Crippen LogP contribution < -0.4 is 15.5 Å². The standard InChI is InChI=1S/C22H26BrN3O3/c1-14(2)29-20-8-7-17(12-18(20)23)13-24-26-22(28)10-9-21(27)25-19-11-15(3)5-6-16(19)4/h5-8,11-14H,9-10H2,1-4H3,(H,25,27)(H,26,28). The van der Waals surface area contributed by atoms with E-state index in [0.717, 1.165) is 32.6 Å². The Morgan fingerprint density at radius 3 is 2.52 bits per heavy atom. The maximum absolute atomic E-state index is 12.1. The van der Waals surface area contributed by atoms with Crippen LogP contribution in [0.4, 0.5) is 5.69 Å². The van der Waals surface area contributed by atoms with E-state index in [0.29, 0.717) is 0 Å². The number of rotatable bonds is 8. The van der Waals surface area contributed by atoms with Crippen LogP contribution in [0.25, 0.3) is 0 Å². The van der Waals surface area contributed by atoms with Crippen LogP contribution >= 0.6 is 15.9 Å². The van der Waals surface area contributed by atoms with Gasteiger partial charge in [0.1, 0.15) is 5.75 Å². The molecule has 0 atom stereocenters. The predicted octanol–water partition coefficient (Wildman–Crippen LogP) is 4.72. The van der Waals surface area contributed by atoms with Gasteiger partial charge in [-0.15, -0.1) is 0 Å². The van der Waals surface area contributed by atoms with Gasteiger partial charge in [-0.2, -0.15) is 5.10 Å². The molecule has 0 saturated heterocycles. The lowest BCUT2D eigenvalue weighted by molar-refractivity contribution is -0.124. The summed E-state index contributed by atoms with van der Waals surface area (Å²) in [4.78, 5) is 24.0. The second kappa shape index (κ2) is 10.8. The fourth-order valence-corrected chi connectivity index (χ4v) is 2.98. The van der Waals surface area contributed by atoms with Gasteiger partial charge in [0.15, 0.2) is 0 Å². The smallest absolute Gasteiger partial charge is 0.240 e. The Hall–Kier alpha value is -2.67. The fraction of sp³-hybridized carbons (Fsp3) is 0.318. The first-order chi connectivity index (χ1) is 13.7. The van der Waals surface area contributed by atoms with Crippen LogP contribution in [0.5, 0.6) is 5.75 Å². The molecule has 0 aliphatic heterocycles. The molecular formula is C22H26BrN3O3. The van der Waals surface area contributed by atoms with Gasteiger partial charge in [-0.25, -0.2) is 5.43 Å². The van der Waals surface area contributed by atoms with Crippen LogP contribution in [-0.4, -0.2) is 24.1 Å². The van der Waals surface area contributed by atoms with Gasteiger partial charge in [0.25, 0.3) is 0 Å². The number of hydrazone groups is 1. The Labute approximate surface area is 179 Å². The molecule has 0 bridgehead atoms. The molecule has 2 N–H and O–H groups in total. The average molecular weight is 460 g/mol. The number of hydrogen-bond acceptors (Lipinski definition) is 4. The Morgan fingerprint density at radius 2 is 1.83 bits per heavy atom. The normalized spacial score (nSPS) is 11.0. The van der Waals surface area contributed by atoms with E-state index in [9.17, 15) is 9.59 Å². The lowest BCUT2D eigenvalue weighted by Gasteiger charge is -2.11. The summed E-state index contributed by atoms with van der Waals surface area (Å²) >= 11 is 3.46. The molecule has 6 nitrogen and oxygen atoms in total. The van der Waals surface area contributed by atoms with Crippen molar-refractivity contribution in [3.05, 3.63) is 57.6 Å². The van der Waals surface area contributed by atoms with Crippen molar-refractivity contribution in [2.45, 2.75) is 46.6 Å². The molecule has 2 aromatic carbocycles. The van der Waals surface area contributed by atoms with Gasteiger partial charge in [0, 0.05) is 18.5 Å². The van der Waals surface area contributed by atoms with Crippen molar-refractivity contribution in [1.82, 2.24) is 5.43 Å². The largest absolute Gasteiger partial charge is 0.490 e. The van der Waals surface area contributed by atoms with Gasteiger partial charge >= 0.3 is 0 Å². The second-order valence-corrected chi connectivity index (χ2v) is 7.87. The highest BCUT2D eigenvalue weighted by atomic mass is 79.9. The average Bonchev–Trinajstić information content (AvgIpc) is 2.65. The highest BCUT2D eigenvalue weighted by Gasteiger charge is 2.08. The minimum atomic E-state index is -0.323. The molecule has 2 aromatic rings. The highest BCUT2D eigenvalue weighted by Crippen LogP contribution is 2.26. The van der Waals surface area contributed by atoms with Gasteiger partial charge in [-0.05, 0) is 84.6 Å². The maximum atomic E-state index is 12.1. The predicted molar refractivity (Wildman–Crippen MR) is 119 cm³/mol. The lowest BCUT2D eigenvalue weighted by Crippen LogP contribution is -2.21. The van der Waals surface area contributed by atoms with E-state index >= 15 is 0 Å². The summed E-state index contributed by atoms with van der Waals surface area (Å²) in [5.74, 6) is 0.217. The van der Waals surface area contributed by atoms with E-state index in [1.165, 1.54) is 6.21 Å². The zero-order valence-electron chi connectivity index (χ0n) is 17.1. The molecule has 0 heterocycles. The number of carbonyl (C=O) groups excluding carboxylic acids is 2. The first kappa shape index (κ1) is 22.6. The maximum Gasteiger partial charge on any atom is 0.240 e. The van der Waals surface area contributed by atoms with Crippen LogP contribution in [-0.2, 0) is 9.59 Å². The van der Waals surface area contributed by atoms with Crippen molar-refractivity contribution < 1.29 is 14.3 Å². The monoisotopic (exact) mass is 459 g/mol. The number of ether oxygens (including phenoxy) is 1. The summed E-state index contributed by atoms with van der Waals surface area (Å²) in [6, 6.07) is 11.4. The molecule has 29 heavy (non-hydrogen) atoms. The Balaban J connectivity index is 1.80. The number of hydrogen-bond donors (Lipinski definition) is 2. The summed E-state index contributed by atoms with van der Waals surface area (Å²) in [5, 5.41) is 6.78. The molecule has 0 fully saturated rings. The van der Waals surface area contributed by atoms with Crippen molar-refractivity contribution in [2.75, 3.05) is 5.32 Å². The van der Waals surface area contributed by atoms with Crippen molar-refractivity contribution in [3.63, 3.8) is 0 Å². The van der Waals surface area contributed by atoms with Crippen LogP contribution in [0.2, 0.25) is 0 Å². The third kappa shape index (κ3) is 7.69. The highest BCUT2D eigenvalue weighted by molar-refractivity contribution is 9.10. The molecule has 0 radical (unpaired) electrons. The number of aryl methyl sites for hydroxylation is 2. The number of anilines is 1. The zero-order chi connectivity index (χ0) is 21.4. The molecule has 0 aliphatic rings. The SMILES string of the molecule is Cc1ccc(C)c(NC(=O)CCC(=O)NN=Cc2ccc(OC(C)C)c(Br)c2)c1. The third-order valence-electron chi connectivity index (χ3n) is 3.97. The summed E-state index contributed by atoms with van der Waals surface area (Å²) in [6.07, 6.45) is 1.76. The molecule has 0 spiro atoms. The van der Waals surface area contributed by atoms with Crippen molar-refractivity contribution in [2.24, 2.45) is 5.10 Å². The topological polar surface area (TPSA) is 79.8 Å². The Kier molecular flexibility index (Phi) is 8.39. The number of carbonyl (C=O) groups is 2. The van der Waals surface area contributed by atoms with Gasteiger partial charge in [0.2, 0.25) is 11.8 Å². The first-order valence-electron chi connectivity index (χ1n) is 9.40. The van der Waals surface area contributed by atoms with Gasteiger partial charge in [-0.3, -0.25) is 9.59 Å². The molecule has 0 saturated carbocycles. The van der Waals surface area contributed by atoms with Crippen LogP contribution in [0.15, 0.2) is 46.0 Å². The second-order valence-electron chi connectivity index (χ2n) is 7.02. The molecule has 0 aromatic heterocycles. The first-order valence-corrected chi connectivity index (χ1v) is 10.2. The van der Waals surface area contributed by atoms with E-state index in [1.54, 1.807) is 0 Å². The van der Waals surface area contributed by atoms with Gasteiger partial charge in [0.05, 0.1) is 16.8 Å². The molecule has 7 heteroatoms.